The number of rotatable bonds is 8. The Morgan fingerprint density at radius 3 is 2.64 bits per heavy atom. The third-order valence-electron chi connectivity index (χ3n) is 3.54. The summed E-state index contributed by atoms with van der Waals surface area (Å²) in [7, 11) is 1.36. The predicted octanol–water partition coefficient (Wildman–Crippen LogP) is 3.99. The Morgan fingerprint density at radius 2 is 2.00 bits per heavy atom. The number of thioether (sulfide) groups is 1. The Labute approximate surface area is 155 Å². The molecule has 0 spiro atoms. The van der Waals surface area contributed by atoms with Crippen LogP contribution in [0.1, 0.15) is 42.6 Å². The van der Waals surface area contributed by atoms with E-state index in [2.05, 4.69) is 27.2 Å². The SMILES string of the molecule is CCC[C@@H](C)C(=O)Nc1nnc(SCc2ccc(C(=O)OC)cc2)s1. The van der Waals surface area contributed by atoms with Gasteiger partial charge >= 0.3 is 5.97 Å². The molecule has 8 heteroatoms. The number of amides is 1. The van der Waals surface area contributed by atoms with E-state index in [0.29, 0.717) is 16.4 Å². The number of benzene rings is 1. The molecule has 0 aliphatic rings. The highest BCUT2D eigenvalue weighted by Gasteiger charge is 2.14. The van der Waals surface area contributed by atoms with Crippen molar-refractivity contribution < 1.29 is 14.3 Å². The summed E-state index contributed by atoms with van der Waals surface area (Å²) in [6.45, 7) is 3.97. The molecule has 0 saturated heterocycles. The summed E-state index contributed by atoms with van der Waals surface area (Å²) in [5.41, 5.74) is 1.59. The summed E-state index contributed by atoms with van der Waals surface area (Å²) in [6, 6.07) is 7.25. The number of carbonyl (C=O) groups is 2. The number of nitrogens with zero attached hydrogens (tertiary/aromatic N) is 2. The van der Waals surface area contributed by atoms with Gasteiger partial charge in [0.05, 0.1) is 12.7 Å². The van der Waals surface area contributed by atoms with Crippen LogP contribution in [0, 0.1) is 5.92 Å². The number of hydrogen-bond donors (Lipinski definition) is 1. The highest BCUT2D eigenvalue weighted by molar-refractivity contribution is 8.00. The zero-order valence-corrected chi connectivity index (χ0v) is 16.1. The van der Waals surface area contributed by atoms with Gasteiger partial charge in [-0.05, 0) is 24.1 Å². The lowest BCUT2D eigenvalue weighted by atomic mass is 10.1. The molecule has 25 heavy (non-hydrogen) atoms. The van der Waals surface area contributed by atoms with Crippen LogP contribution in [0.15, 0.2) is 28.6 Å². The molecule has 1 aromatic carbocycles. The maximum Gasteiger partial charge on any atom is 0.337 e. The average Bonchev–Trinajstić information content (AvgIpc) is 3.07. The van der Waals surface area contributed by atoms with E-state index < -0.39 is 0 Å². The number of esters is 1. The van der Waals surface area contributed by atoms with Crippen molar-refractivity contribution in [2.75, 3.05) is 12.4 Å². The highest BCUT2D eigenvalue weighted by Crippen LogP contribution is 2.28. The lowest BCUT2D eigenvalue weighted by molar-refractivity contribution is -0.119. The first-order chi connectivity index (χ1) is 12.0. The van der Waals surface area contributed by atoms with Crippen LogP contribution in [0.5, 0.6) is 0 Å². The van der Waals surface area contributed by atoms with Crippen molar-refractivity contribution in [2.45, 2.75) is 36.8 Å². The number of ether oxygens (including phenoxy) is 1. The molecule has 0 radical (unpaired) electrons. The molecule has 6 nitrogen and oxygen atoms in total. The Bertz CT molecular complexity index is 716. The van der Waals surface area contributed by atoms with Crippen LogP contribution in [0.3, 0.4) is 0 Å². The van der Waals surface area contributed by atoms with Gasteiger partial charge in [0, 0.05) is 11.7 Å². The summed E-state index contributed by atoms with van der Waals surface area (Å²) >= 11 is 2.90. The number of hydrogen-bond acceptors (Lipinski definition) is 7. The number of anilines is 1. The van der Waals surface area contributed by atoms with Crippen molar-refractivity contribution in [2.24, 2.45) is 5.92 Å². The van der Waals surface area contributed by atoms with Crippen molar-refractivity contribution in [3.8, 4) is 0 Å². The molecule has 0 aliphatic carbocycles. The zero-order valence-electron chi connectivity index (χ0n) is 14.4. The van der Waals surface area contributed by atoms with E-state index >= 15 is 0 Å². The van der Waals surface area contributed by atoms with E-state index in [1.807, 2.05) is 19.1 Å². The standard InChI is InChI=1S/C17H21N3O3S2/c1-4-5-11(2)14(21)18-16-19-20-17(25-16)24-10-12-6-8-13(9-7-12)15(22)23-3/h6-9,11H,4-5,10H2,1-3H3,(H,18,19,21)/t11-/m1/s1. The third kappa shape index (κ3) is 5.82. The molecule has 2 aromatic rings. The van der Waals surface area contributed by atoms with E-state index in [1.165, 1.54) is 30.2 Å². The predicted molar refractivity (Wildman–Crippen MR) is 100.0 cm³/mol. The maximum atomic E-state index is 12.0. The molecule has 0 saturated carbocycles. The molecular formula is C17H21N3O3S2. The van der Waals surface area contributed by atoms with Crippen molar-refractivity contribution in [3.05, 3.63) is 35.4 Å². The van der Waals surface area contributed by atoms with Gasteiger partial charge in [0.1, 0.15) is 0 Å². The topological polar surface area (TPSA) is 81.2 Å². The summed E-state index contributed by atoms with van der Waals surface area (Å²) in [4.78, 5) is 23.4. The molecule has 2 rings (SSSR count). The molecule has 1 aromatic heterocycles. The molecule has 0 unspecified atom stereocenters. The molecule has 1 heterocycles. The van der Waals surface area contributed by atoms with Gasteiger partial charge in [-0.25, -0.2) is 4.79 Å². The van der Waals surface area contributed by atoms with E-state index in [1.54, 1.807) is 12.1 Å². The minimum absolute atomic E-state index is 0.0204. The normalized spacial score (nSPS) is 11.8. The maximum absolute atomic E-state index is 12.0. The van der Waals surface area contributed by atoms with Gasteiger partial charge in [0.25, 0.3) is 0 Å². The minimum Gasteiger partial charge on any atom is -0.465 e. The minimum atomic E-state index is -0.346. The van der Waals surface area contributed by atoms with Gasteiger partial charge in [-0.15, -0.1) is 10.2 Å². The Balaban J connectivity index is 1.87. The summed E-state index contributed by atoms with van der Waals surface area (Å²) in [5.74, 6) is 0.309. The molecule has 0 aliphatic heterocycles. The second-order valence-electron chi connectivity index (χ2n) is 5.53. The number of nitrogens with one attached hydrogen (secondary N) is 1. The van der Waals surface area contributed by atoms with Crippen LogP contribution in [0.4, 0.5) is 5.13 Å². The first kappa shape index (κ1) is 19.4. The fourth-order valence-corrected chi connectivity index (χ4v) is 3.82. The second kappa shape index (κ2) is 9.53. The average molecular weight is 380 g/mol. The van der Waals surface area contributed by atoms with Crippen LogP contribution >= 0.6 is 23.1 Å². The Hall–Kier alpha value is -1.93. The van der Waals surface area contributed by atoms with Crippen LogP contribution in [0.2, 0.25) is 0 Å². The molecule has 1 amide bonds. The number of methoxy groups -OCH3 is 1. The van der Waals surface area contributed by atoms with Crippen LogP contribution in [-0.2, 0) is 15.3 Å². The van der Waals surface area contributed by atoms with Crippen molar-refractivity contribution in [3.63, 3.8) is 0 Å². The quantitative estimate of drug-likeness (QED) is 0.424. The van der Waals surface area contributed by atoms with Crippen LogP contribution in [0.25, 0.3) is 0 Å². The molecule has 134 valence electrons. The monoisotopic (exact) mass is 379 g/mol. The largest absolute Gasteiger partial charge is 0.465 e. The van der Waals surface area contributed by atoms with Gasteiger partial charge in [-0.2, -0.15) is 0 Å². The lowest BCUT2D eigenvalue weighted by Crippen LogP contribution is -2.20. The van der Waals surface area contributed by atoms with Gasteiger partial charge in [0.15, 0.2) is 4.34 Å². The van der Waals surface area contributed by atoms with Crippen molar-refractivity contribution in [1.82, 2.24) is 10.2 Å². The second-order valence-corrected chi connectivity index (χ2v) is 7.73. The van der Waals surface area contributed by atoms with Crippen molar-refractivity contribution in [1.29, 1.82) is 0 Å². The fraction of sp³-hybridized carbons (Fsp3) is 0.412. The Kier molecular flexibility index (Phi) is 7.39. The number of carbonyl (C=O) groups excluding carboxylic acids is 2. The van der Waals surface area contributed by atoms with E-state index in [4.69, 9.17) is 0 Å². The Morgan fingerprint density at radius 1 is 1.28 bits per heavy atom. The van der Waals surface area contributed by atoms with E-state index in [0.717, 1.165) is 22.7 Å². The van der Waals surface area contributed by atoms with Gasteiger partial charge in [0.2, 0.25) is 11.0 Å². The van der Waals surface area contributed by atoms with E-state index in [9.17, 15) is 9.59 Å². The van der Waals surface area contributed by atoms with E-state index in [-0.39, 0.29) is 17.8 Å². The van der Waals surface area contributed by atoms with Gasteiger partial charge in [-0.1, -0.05) is 55.5 Å². The van der Waals surface area contributed by atoms with Crippen molar-refractivity contribution >= 4 is 40.1 Å². The lowest BCUT2D eigenvalue weighted by Gasteiger charge is -2.07. The van der Waals surface area contributed by atoms with Crippen LogP contribution < -0.4 is 5.32 Å². The summed E-state index contributed by atoms with van der Waals surface area (Å²) in [6.07, 6.45) is 1.83. The zero-order chi connectivity index (χ0) is 18.2. The smallest absolute Gasteiger partial charge is 0.337 e. The number of aromatic nitrogens is 2. The molecule has 1 atom stereocenters. The summed E-state index contributed by atoms with van der Waals surface area (Å²) in [5, 5.41) is 11.4. The van der Waals surface area contributed by atoms with Crippen LogP contribution in [-0.4, -0.2) is 29.2 Å². The molecule has 0 fully saturated rings. The molecular weight excluding hydrogens is 358 g/mol. The summed E-state index contributed by atoms with van der Waals surface area (Å²) < 4.78 is 5.46. The highest BCUT2D eigenvalue weighted by atomic mass is 32.2. The third-order valence-corrected chi connectivity index (χ3v) is 5.59. The molecule has 0 bridgehead atoms. The van der Waals surface area contributed by atoms with Gasteiger partial charge < -0.3 is 10.1 Å². The fourth-order valence-electron chi connectivity index (χ4n) is 2.11. The molecule has 1 N–H and O–H groups in total. The first-order valence-electron chi connectivity index (χ1n) is 7.98. The first-order valence-corrected chi connectivity index (χ1v) is 9.78. The van der Waals surface area contributed by atoms with Gasteiger partial charge in [-0.3, -0.25) is 4.79 Å².